The second-order valence-electron chi connectivity index (χ2n) is 3.06. The number of alkyl halides is 1. The van der Waals surface area contributed by atoms with Crippen molar-refractivity contribution in [3.63, 3.8) is 0 Å². The lowest BCUT2D eigenvalue weighted by molar-refractivity contribution is 0.384. The molecule has 0 saturated carbocycles. The molecule has 0 fully saturated rings. The van der Waals surface area contributed by atoms with E-state index in [1.54, 1.807) is 25.2 Å². The van der Waals surface area contributed by atoms with E-state index in [9.17, 15) is 4.39 Å². The van der Waals surface area contributed by atoms with Crippen LogP contribution < -0.4 is 0 Å². The summed E-state index contributed by atoms with van der Waals surface area (Å²) < 4.78 is 15.9. The van der Waals surface area contributed by atoms with Gasteiger partial charge in [0, 0.05) is 7.05 Å². The fraction of sp³-hybridized carbons (Fsp3) is 0.222. The van der Waals surface area contributed by atoms with Crippen LogP contribution in [0.4, 0.5) is 4.39 Å². The Labute approximate surface area is 94.3 Å². The third-order valence-corrected chi connectivity index (χ3v) is 2.32. The monoisotopic (exact) mass is 270 g/mol. The van der Waals surface area contributed by atoms with Gasteiger partial charge in [0.25, 0.3) is 0 Å². The molecule has 2 heterocycles. The number of hydrogen-bond acceptors (Lipinski definition) is 3. The summed E-state index contributed by atoms with van der Waals surface area (Å²) in [7, 11) is 1.69. The summed E-state index contributed by atoms with van der Waals surface area (Å²) in [4.78, 5) is 4.02. The van der Waals surface area contributed by atoms with Crippen molar-refractivity contribution in [2.75, 3.05) is 0 Å². The van der Waals surface area contributed by atoms with Crippen LogP contribution in [0.15, 0.2) is 29.0 Å². The van der Waals surface area contributed by atoms with E-state index in [1.165, 1.54) is 10.9 Å². The third kappa shape index (κ3) is 2.20. The average Bonchev–Trinajstić information content (AvgIpc) is 2.64. The summed E-state index contributed by atoms with van der Waals surface area (Å²) in [5, 5.41) is 7.38. The summed E-state index contributed by atoms with van der Waals surface area (Å²) in [6.45, 7) is 0. The number of aryl methyl sites for hydroxylation is 1. The Morgan fingerprint density at radius 3 is 2.80 bits per heavy atom. The zero-order chi connectivity index (χ0) is 10.8. The topological polar surface area (TPSA) is 43.6 Å². The number of pyridine rings is 1. The van der Waals surface area contributed by atoms with Gasteiger partial charge in [0.1, 0.15) is 10.3 Å². The zero-order valence-electron chi connectivity index (χ0n) is 7.93. The quantitative estimate of drug-likeness (QED) is 0.785. The molecule has 78 valence electrons. The third-order valence-electron chi connectivity index (χ3n) is 1.88. The fourth-order valence-electron chi connectivity index (χ4n) is 1.20. The van der Waals surface area contributed by atoms with Gasteiger partial charge in [-0.15, -0.1) is 5.10 Å². The highest BCUT2D eigenvalue weighted by Gasteiger charge is 2.17. The predicted molar refractivity (Wildman–Crippen MR) is 55.9 cm³/mol. The number of hydrogen-bond donors (Lipinski definition) is 0. The van der Waals surface area contributed by atoms with Crippen molar-refractivity contribution in [1.82, 2.24) is 20.0 Å². The maximum Gasteiger partial charge on any atom is 0.187 e. The van der Waals surface area contributed by atoms with Crippen molar-refractivity contribution in [2.45, 2.75) is 6.17 Å². The molecule has 0 aliphatic heterocycles. The molecule has 2 aromatic rings. The highest BCUT2D eigenvalue weighted by Crippen LogP contribution is 2.23. The molecule has 0 N–H and O–H groups in total. The second kappa shape index (κ2) is 4.06. The van der Waals surface area contributed by atoms with E-state index in [1.807, 2.05) is 0 Å². The van der Waals surface area contributed by atoms with Crippen molar-refractivity contribution >= 4 is 15.9 Å². The molecular weight excluding hydrogens is 263 g/mol. The van der Waals surface area contributed by atoms with Crippen LogP contribution in [0.5, 0.6) is 0 Å². The predicted octanol–water partition coefficient (Wildman–Crippen LogP) is 2.03. The minimum Gasteiger partial charge on any atom is -0.255 e. The Kier molecular flexibility index (Phi) is 2.77. The van der Waals surface area contributed by atoms with Crippen molar-refractivity contribution < 1.29 is 4.39 Å². The van der Waals surface area contributed by atoms with Gasteiger partial charge in [0.2, 0.25) is 0 Å². The van der Waals surface area contributed by atoms with Gasteiger partial charge in [0.05, 0.1) is 11.9 Å². The van der Waals surface area contributed by atoms with Gasteiger partial charge in [0.15, 0.2) is 6.17 Å². The molecule has 0 amide bonds. The molecule has 2 aromatic heterocycles. The lowest BCUT2D eigenvalue weighted by Crippen LogP contribution is -1.98. The number of nitrogens with zero attached hydrogens (tertiary/aromatic N) is 4. The first-order chi connectivity index (χ1) is 7.16. The standard InChI is InChI=1S/C9H8BrFN4/c1-15-5-7(13-14-15)9(11)6-3-2-4-8(10)12-6/h2-5,9H,1H3. The summed E-state index contributed by atoms with van der Waals surface area (Å²) in [5.41, 5.74) is 0.591. The van der Waals surface area contributed by atoms with Crippen LogP contribution >= 0.6 is 15.9 Å². The van der Waals surface area contributed by atoms with Crippen LogP contribution in [-0.4, -0.2) is 20.0 Å². The number of halogens is 2. The van der Waals surface area contributed by atoms with E-state index in [2.05, 4.69) is 31.2 Å². The van der Waals surface area contributed by atoms with Gasteiger partial charge >= 0.3 is 0 Å². The van der Waals surface area contributed by atoms with Crippen LogP contribution in [0.25, 0.3) is 0 Å². The van der Waals surface area contributed by atoms with E-state index in [4.69, 9.17) is 0 Å². The van der Waals surface area contributed by atoms with Gasteiger partial charge in [-0.2, -0.15) is 0 Å². The van der Waals surface area contributed by atoms with E-state index < -0.39 is 6.17 Å². The molecule has 0 aromatic carbocycles. The molecule has 1 atom stereocenters. The second-order valence-corrected chi connectivity index (χ2v) is 3.88. The molecular formula is C9H8BrFN4. The molecule has 4 nitrogen and oxygen atoms in total. The lowest BCUT2D eigenvalue weighted by Gasteiger charge is -2.03. The Hall–Kier alpha value is -1.30. The Bertz CT molecular complexity index is 471. The maximum atomic E-state index is 13.9. The lowest BCUT2D eigenvalue weighted by atomic mass is 10.2. The van der Waals surface area contributed by atoms with E-state index in [0.29, 0.717) is 10.3 Å². The minimum absolute atomic E-state index is 0.267. The van der Waals surface area contributed by atoms with E-state index in [-0.39, 0.29) is 5.69 Å². The van der Waals surface area contributed by atoms with Gasteiger partial charge < -0.3 is 0 Å². The first kappa shape index (κ1) is 10.2. The molecule has 15 heavy (non-hydrogen) atoms. The largest absolute Gasteiger partial charge is 0.255 e. The smallest absolute Gasteiger partial charge is 0.187 e. The van der Waals surface area contributed by atoms with Crippen molar-refractivity contribution in [2.24, 2.45) is 7.05 Å². The van der Waals surface area contributed by atoms with Crippen LogP contribution in [0, 0.1) is 0 Å². The molecule has 0 aliphatic carbocycles. The van der Waals surface area contributed by atoms with Crippen LogP contribution in [0.2, 0.25) is 0 Å². The van der Waals surface area contributed by atoms with E-state index >= 15 is 0 Å². The van der Waals surface area contributed by atoms with Crippen molar-refractivity contribution in [1.29, 1.82) is 0 Å². The first-order valence-corrected chi connectivity index (χ1v) is 5.09. The zero-order valence-corrected chi connectivity index (χ0v) is 9.52. The Morgan fingerprint density at radius 2 is 2.20 bits per heavy atom. The fourth-order valence-corrected chi connectivity index (χ4v) is 1.56. The number of rotatable bonds is 2. The number of aromatic nitrogens is 4. The molecule has 0 spiro atoms. The molecule has 2 rings (SSSR count). The van der Waals surface area contributed by atoms with Crippen LogP contribution in [0.1, 0.15) is 17.6 Å². The Balaban J connectivity index is 2.32. The van der Waals surface area contributed by atoms with Gasteiger partial charge in [-0.25, -0.2) is 9.37 Å². The normalized spacial score (nSPS) is 12.7. The highest BCUT2D eigenvalue weighted by atomic mass is 79.9. The van der Waals surface area contributed by atoms with E-state index in [0.717, 1.165) is 0 Å². The Morgan fingerprint density at radius 1 is 1.40 bits per heavy atom. The van der Waals surface area contributed by atoms with Crippen LogP contribution in [-0.2, 0) is 7.05 Å². The highest BCUT2D eigenvalue weighted by molar-refractivity contribution is 9.10. The molecule has 0 aliphatic rings. The summed E-state index contributed by atoms with van der Waals surface area (Å²) >= 11 is 3.19. The average molecular weight is 271 g/mol. The van der Waals surface area contributed by atoms with Gasteiger partial charge in [-0.1, -0.05) is 11.3 Å². The van der Waals surface area contributed by atoms with Gasteiger partial charge in [-0.3, -0.25) is 4.68 Å². The maximum absolute atomic E-state index is 13.9. The summed E-state index contributed by atoms with van der Waals surface area (Å²) in [5.74, 6) is 0. The van der Waals surface area contributed by atoms with Gasteiger partial charge in [-0.05, 0) is 28.1 Å². The van der Waals surface area contributed by atoms with Crippen LogP contribution in [0.3, 0.4) is 0 Å². The molecule has 6 heteroatoms. The summed E-state index contributed by atoms with van der Waals surface area (Å²) in [6.07, 6.45) is 0.198. The summed E-state index contributed by atoms with van der Waals surface area (Å²) in [6, 6.07) is 5.09. The molecule has 1 unspecified atom stereocenters. The molecule has 0 radical (unpaired) electrons. The minimum atomic E-state index is -1.34. The first-order valence-electron chi connectivity index (χ1n) is 4.29. The SMILES string of the molecule is Cn1cc(C(F)c2cccc(Br)n2)nn1. The molecule has 0 saturated heterocycles. The molecule has 0 bridgehead atoms. The van der Waals surface area contributed by atoms with Crippen molar-refractivity contribution in [3.8, 4) is 0 Å². The van der Waals surface area contributed by atoms with Crippen molar-refractivity contribution in [3.05, 3.63) is 40.4 Å².